The number of halogens is 2. The highest BCUT2D eigenvalue weighted by Gasteiger charge is 2.17. The van der Waals surface area contributed by atoms with E-state index >= 15 is 0 Å². The molecule has 0 radical (unpaired) electrons. The maximum absolute atomic E-state index is 14.1. The van der Waals surface area contributed by atoms with Crippen molar-refractivity contribution in [2.24, 2.45) is 0 Å². The van der Waals surface area contributed by atoms with Gasteiger partial charge in [-0.15, -0.1) is 22.7 Å². The van der Waals surface area contributed by atoms with Crippen molar-refractivity contribution < 1.29 is 8.78 Å². The summed E-state index contributed by atoms with van der Waals surface area (Å²) < 4.78 is 28.2. The molecule has 0 spiro atoms. The first-order valence-electron chi connectivity index (χ1n) is 9.63. The molecule has 0 unspecified atom stereocenters. The van der Waals surface area contributed by atoms with E-state index in [2.05, 4.69) is 0 Å². The number of thiophene rings is 2. The summed E-state index contributed by atoms with van der Waals surface area (Å²) in [5.41, 5.74) is 1.21. The Kier molecular flexibility index (Phi) is 4.95. The Morgan fingerprint density at radius 2 is 0.875 bits per heavy atom. The van der Waals surface area contributed by atoms with Crippen LogP contribution in [0.5, 0.6) is 0 Å². The Balaban J connectivity index is 1.30. The molecule has 156 valence electrons. The average molecular weight is 495 g/mol. The van der Waals surface area contributed by atoms with Crippen LogP contribution in [-0.2, 0) is 0 Å². The van der Waals surface area contributed by atoms with Gasteiger partial charge in [0, 0.05) is 20.9 Å². The quantitative estimate of drug-likeness (QED) is 0.245. The standard InChI is InChI=1S/C24H12F2N2S4/c25-15-7-3-1-5-13(15)17-9-11-19(29-17)21-27-23-24(31-21)28-22(32-23)20-12-10-18(30-20)14-6-2-4-8-16(14)26/h1-12H. The van der Waals surface area contributed by atoms with Crippen LogP contribution in [0.1, 0.15) is 0 Å². The van der Waals surface area contributed by atoms with Crippen molar-refractivity contribution in [1.82, 2.24) is 9.97 Å². The van der Waals surface area contributed by atoms with E-state index in [1.54, 1.807) is 24.3 Å². The summed E-state index contributed by atoms with van der Waals surface area (Å²) >= 11 is 6.12. The number of thiazole rings is 2. The van der Waals surface area contributed by atoms with Gasteiger partial charge in [-0.3, -0.25) is 0 Å². The molecule has 0 bridgehead atoms. The second-order valence-corrected chi connectivity index (χ2v) is 11.1. The molecule has 0 saturated heterocycles. The number of nitrogens with zero attached hydrogens (tertiary/aromatic N) is 2. The molecule has 0 fully saturated rings. The smallest absolute Gasteiger partial charge is 0.155 e. The average Bonchev–Trinajstić information content (AvgIpc) is 3.56. The summed E-state index contributed by atoms with van der Waals surface area (Å²) in [7, 11) is 0. The lowest BCUT2D eigenvalue weighted by atomic mass is 10.2. The van der Waals surface area contributed by atoms with Crippen molar-refractivity contribution in [3.63, 3.8) is 0 Å². The predicted molar refractivity (Wildman–Crippen MR) is 133 cm³/mol. The minimum Gasteiger partial charge on any atom is -0.222 e. The van der Waals surface area contributed by atoms with E-state index in [4.69, 9.17) is 9.97 Å². The van der Waals surface area contributed by atoms with Gasteiger partial charge in [0.15, 0.2) is 9.66 Å². The molecule has 2 nitrogen and oxygen atoms in total. The number of benzene rings is 2. The second kappa shape index (κ2) is 7.97. The Hall–Kier alpha value is -2.78. The van der Waals surface area contributed by atoms with Gasteiger partial charge in [-0.1, -0.05) is 59.1 Å². The van der Waals surface area contributed by atoms with Gasteiger partial charge < -0.3 is 0 Å². The molecule has 8 heteroatoms. The third kappa shape index (κ3) is 3.49. The van der Waals surface area contributed by atoms with Gasteiger partial charge in [-0.25, -0.2) is 18.7 Å². The summed E-state index contributed by atoms with van der Waals surface area (Å²) in [6.07, 6.45) is 0. The molecule has 0 aliphatic carbocycles. The summed E-state index contributed by atoms with van der Waals surface area (Å²) in [5.74, 6) is -0.448. The Morgan fingerprint density at radius 3 is 1.31 bits per heavy atom. The molecular weight excluding hydrogens is 483 g/mol. The number of fused-ring (bicyclic) bond motifs is 1. The lowest BCUT2D eigenvalue weighted by molar-refractivity contribution is 0.631. The van der Waals surface area contributed by atoms with Crippen LogP contribution >= 0.6 is 45.3 Å². The summed E-state index contributed by atoms with van der Waals surface area (Å²) in [4.78, 5) is 15.1. The zero-order valence-corrected chi connectivity index (χ0v) is 19.5. The van der Waals surface area contributed by atoms with Gasteiger partial charge in [0.1, 0.15) is 21.6 Å². The molecule has 0 atom stereocenters. The summed E-state index contributed by atoms with van der Waals surface area (Å²) in [6.45, 7) is 0. The SMILES string of the molecule is Fc1ccccc1-c1ccc(-c2nc3sc(-c4ccc(-c5ccccc5F)s4)nc3s2)s1. The fraction of sp³-hybridized carbons (Fsp3) is 0. The monoisotopic (exact) mass is 494 g/mol. The number of hydrogen-bond donors (Lipinski definition) is 0. The minimum absolute atomic E-state index is 0.224. The molecule has 2 aromatic carbocycles. The molecule has 0 aliphatic rings. The second-order valence-electron chi connectivity index (χ2n) is 6.94. The van der Waals surface area contributed by atoms with Gasteiger partial charge in [0.25, 0.3) is 0 Å². The highest BCUT2D eigenvalue weighted by atomic mass is 32.1. The summed E-state index contributed by atoms with van der Waals surface area (Å²) in [6, 6.07) is 21.4. The maximum Gasteiger partial charge on any atom is 0.155 e. The molecule has 6 rings (SSSR count). The van der Waals surface area contributed by atoms with Crippen LogP contribution in [0.2, 0.25) is 0 Å². The normalized spacial score (nSPS) is 11.4. The van der Waals surface area contributed by atoms with Crippen LogP contribution in [0.3, 0.4) is 0 Å². The molecular formula is C24H12F2N2S4. The Labute approximate surface area is 198 Å². The van der Waals surface area contributed by atoms with Gasteiger partial charge >= 0.3 is 0 Å². The predicted octanol–water partition coefficient (Wildman–Crippen LogP) is 8.82. The van der Waals surface area contributed by atoms with Crippen LogP contribution < -0.4 is 0 Å². The van der Waals surface area contributed by atoms with E-state index in [1.807, 2.05) is 36.4 Å². The van der Waals surface area contributed by atoms with Gasteiger partial charge in [-0.2, -0.15) is 0 Å². The van der Waals surface area contributed by atoms with E-state index < -0.39 is 0 Å². The first-order chi connectivity index (χ1) is 15.7. The lowest BCUT2D eigenvalue weighted by Crippen LogP contribution is -1.78. The zero-order valence-electron chi connectivity index (χ0n) is 16.2. The number of rotatable bonds is 4. The maximum atomic E-state index is 14.1. The highest BCUT2D eigenvalue weighted by Crippen LogP contribution is 2.43. The topological polar surface area (TPSA) is 25.8 Å². The van der Waals surface area contributed by atoms with Crippen molar-refractivity contribution in [3.8, 4) is 40.7 Å². The third-order valence-electron chi connectivity index (χ3n) is 4.89. The Bertz CT molecular complexity index is 1430. The van der Waals surface area contributed by atoms with Crippen molar-refractivity contribution >= 4 is 55.0 Å². The van der Waals surface area contributed by atoms with E-state index in [9.17, 15) is 8.78 Å². The van der Waals surface area contributed by atoms with Crippen molar-refractivity contribution in [2.75, 3.05) is 0 Å². The van der Waals surface area contributed by atoms with E-state index in [-0.39, 0.29) is 11.6 Å². The first kappa shape index (κ1) is 19.9. The molecule has 32 heavy (non-hydrogen) atoms. The largest absolute Gasteiger partial charge is 0.222 e. The van der Waals surface area contributed by atoms with Crippen molar-refractivity contribution in [1.29, 1.82) is 0 Å². The van der Waals surface area contributed by atoms with E-state index in [1.165, 1.54) is 57.5 Å². The highest BCUT2D eigenvalue weighted by molar-refractivity contribution is 7.32. The number of hydrogen-bond acceptors (Lipinski definition) is 6. The fourth-order valence-corrected chi connectivity index (χ4v) is 7.59. The Morgan fingerprint density at radius 1 is 0.469 bits per heavy atom. The summed E-state index contributed by atoms with van der Waals surface area (Å²) in [5, 5.41) is 1.77. The van der Waals surface area contributed by atoms with Crippen LogP contribution in [0.4, 0.5) is 8.78 Å². The van der Waals surface area contributed by atoms with Crippen LogP contribution in [0.25, 0.3) is 50.3 Å². The fourth-order valence-electron chi connectivity index (χ4n) is 3.37. The molecule has 0 N–H and O–H groups in total. The zero-order chi connectivity index (χ0) is 21.7. The molecule has 4 heterocycles. The molecule has 4 aromatic heterocycles. The van der Waals surface area contributed by atoms with E-state index in [0.29, 0.717) is 11.1 Å². The lowest BCUT2D eigenvalue weighted by Gasteiger charge is -1.98. The van der Waals surface area contributed by atoms with Gasteiger partial charge in [0.2, 0.25) is 0 Å². The van der Waals surface area contributed by atoms with Gasteiger partial charge in [-0.05, 0) is 36.4 Å². The third-order valence-corrected chi connectivity index (χ3v) is 9.49. The molecule has 0 saturated carbocycles. The molecule has 0 amide bonds. The van der Waals surface area contributed by atoms with Crippen LogP contribution in [0, 0.1) is 11.6 Å². The molecule has 6 aromatic rings. The molecule has 0 aliphatic heterocycles. The van der Waals surface area contributed by atoms with Gasteiger partial charge in [0.05, 0.1) is 9.75 Å². The van der Waals surface area contributed by atoms with E-state index in [0.717, 1.165) is 39.2 Å². The van der Waals surface area contributed by atoms with Crippen LogP contribution in [0.15, 0.2) is 72.8 Å². The van der Waals surface area contributed by atoms with Crippen molar-refractivity contribution in [3.05, 3.63) is 84.4 Å². The van der Waals surface area contributed by atoms with Crippen molar-refractivity contribution in [2.45, 2.75) is 0 Å². The number of aromatic nitrogens is 2. The van der Waals surface area contributed by atoms with Crippen LogP contribution in [-0.4, -0.2) is 9.97 Å². The minimum atomic E-state index is -0.224. The first-order valence-corrected chi connectivity index (χ1v) is 12.9.